The zero-order valence-electron chi connectivity index (χ0n) is 9.93. The summed E-state index contributed by atoms with van der Waals surface area (Å²) >= 11 is 0. The first kappa shape index (κ1) is 11.8. The third-order valence-corrected chi connectivity index (χ3v) is 2.92. The molecule has 1 fully saturated rings. The van der Waals surface area contributed by atoms with Gasteiger partial charge in [0.1, 0.15) is 5.69 Å². The number of hydrogen-bond acceptors (Lipinski definition) is 4. The van der Waals surface area contributed by atoms with E-state index in [0.29, 0.717) is 6.54 Å². The molecule has 0 bridgehead atoms. The fraction of sp³-hybridized carbons (Fsp3) is 0.545. The van der Waals surface area contributed by atoms with Crippen molar-refractivity contribution in [2.24, 2.45) is 0 Å². The van der Waals surface area contributed by atoms with Gasteiger partial charge in [-0.3, -0.25) is 9.59 Å². The lowest BCUT2D eigenvalue weighted by Crippen LogP contribution is -2.56. The van der Waals surface area contributed by atoms with E-state index in [1.165, 1.54) is 12.1 Å². The van der Waals surface area contributed by atoms with Crippen LogP contribution in [-0.2, 0) is 0 Å². The molecule has 0 radical (unpaired) electrons. The van der Waals surface area contributed by atoms with E-state index in [4.69, 9.17) is 0 Å². The summed E-state index contributed by atoms with van der Waals surface area (Å²) in [6.07, 6.45) is 0. The summed E-state index contributed by atoms with van der Waals surface area (Å²) in [6.45, 7) is 5.45. The van der Waals surface area contributed by atoms with Crippen molar-refractivity contribution >= 4 is 5.91 Å². The van der Waals surface area contributed by atoms with Gasteiger partial charge in [-0.1, -0.05) is 0 Å². The Hall–Kier alpha value is -1.69. The smallest absolute Gasteiger partial charge is 0.274 e. The van der Waals surface area contributed by atoms with E-state index in [1.54, 1.807) is 4.90 Å². The average Bonchev–Trinajstić information content (AvgIpc) is 2.32. The van der Waals surface area contributed by atoms with Gasteiger partial charge in [0, 0.05) is 31.2 Å². The third-order valence-electron chi connectivity index (χ3n) is 2.92. The number of aromatic nitrogens is 2. The molecular weight excluding hydrogens is 220 g/mol. The number of aromatic amines is 1. The van der Waals surface area contributed by atoms with Crippen LogP contribution in [0.2, 0.25) is 0 Å². The molecule has 6 heteroatoms. The van der Waals surface area contributed by atoms with Crippen molar-refractivity contribution in [1.29, 1.82) is 0 Å². The van der Waals surface area contributed by atoms with Crippen molar-refractivity contribution in [3.8, 4) is 0 Å². The molecule has 1 aromatic rings. The third kappa shape index (κ3) is 2.52. The van der Waals surface area contributed by atoms with Crippen LogP contribution in [0.5, 0.6) is 0 Å². The maximum atomic E-state index is 12.2. The summed E-state index contributed by atoms with van der Waals surface area (Å²) in [7, 11) is 0. The predicted octanol–water partition coefficient (Wildman–Crippen LogP) is -0.408. The second-order valence-electron chi connectivity index (χ2n) is 4.42. The van der Waals surface area contributed by atoms with Crippen LogP contribution < -0.4 is 10.9 Å². The molecule has 0 aromatic carbocycles. The zero-order chi connectivity index (χ0) is 12.4. The molecule has 2 unspecified atom stereocenters. The number of amides is 1. The van der Waals surface area contributed by atoms with Crippen LogP contribution in [0.25, 0.3) is 0 Å². The Balaban J connectivity index is 2.18. The first-order chi connectivity index (χ1) is 8.08. The minimum Gasteiger partial charge on any atom is -0.332 e. The van der Waals surface area contributed by atoms with Gasteiger partial charge in [0.2, 0.25) is 0 Å². The van der Waals surface area contributed by atoms with Gasteiger partial charge in [-0.25, -0.2) is 5.10 Å². The molecule has 1 amide bonds. The second-order valence-corrected chi connectivity index (χ2v) is 4.42. The first-order valence-corrected chi connectivity index (χ1v) is 5.68. The molecule has 17 heavy (non-hydrogen) atoms. The summed E-state index contributed by atoms with van der Waals surface area (Å²) in [5, 5.41) is 9.35. The van der Waals surface area contributed by atoms with Crippen LogP contribution in [0.1, 0.15) is 24.3 Å². The molecule has 1 aliphatic heterocycles. The Bertz CT molecular complexity index is 450. The second kappa shape index (κ2) is 4.67. The molecule has 2 heterocycles. The lowest BCUT2D eigenvalue weighted by atomic mass is 10.1. The zero-order valence-corrected chi connectivity index (χ0v) is 9.93. The van der Waals surface area contributed by atoms with Gasteiger partial charge in [0.25, 0.3) is 11.5 Å². The minimum atomic E-state index is -0.303. The molecule has 6 nitrogen and oxygen atoms in total. The Morgan fingerprint density at radius 3 is 2.88 bits per heavy atom. The maximum Gasteiger partial charge on any atom is 0.274 e. The van der Waals surface area contributed by atoms with Gasteiger partial charge in [-0.2, -0.15) is 5.10 Å². The molecule has 2 atom stereocenters. The highest BCUT2D eigenvalue weighted by atomic mass is 16.2. The highest BCUT2D eigenvalue weighted by Crippen LogP contribution is 2.10. The van der Waals surface area contributed by atoms with Gasteiger partial charge in [0.15, 0.2) is 0 Å². The number of nitrogens with one attached hydrogen (secondary N) is 2. The Labute approximate surface area is 99.0 Å². The Morgan fingerprint density at radius 1 is 1.47 bits per heavy atom. The van der Waals surface area contributed by atoms with Gasteiger partial charge in [-0.05, 0) is 19.9 Å². The van der Waals surface area contributed by atoms with Gasteiger partial charge in [-0.15, -0.1) is 0 Å². The first-order valence-electron chi connectivity index (χ1n) is 5.68. The summed E-state index contributed by atoms with van der Waals surface area (Å²) < 4.78 is 0. The molecule has 1 saturated heterocycles. The molecular formula is C11H16N4O2. The van der Waals surface area contributed by atoms with E-state index in [2.05, 4.69) is 15.5 Å². The van der Waals surface area contributed by atoms with Crippen LogP contribution in [0.4, 0.5) is 0 Å². The maximum absolute atomic E-state index is 12.2. The number of hydrogen-bond donors (Lipinski definition) is 2. The van der Waals surface area contributed by atoms with E-state index in [-0.39, 0.29) is 29.2 Å². The quantitative estimate of drug-likeness (QED) is 0.695. The number of carbonyl (C=O) groups is 1. The minimum absolute atomic E-state index is 0.132. The summed E-state index contributed by atoms with van der Waals surface area (Å²) in [5.41, 5.74) is -0.0196. The van der Waals surface area contributed by atoms with Gasteiger partial charge >= 0.3 is 0 Å². The predicted molar refractivity (Wildman–Crippen MR) is 62.8 cm³/mol. The topological polar surface area (TPSA) is 78.1 Å². The molecule has 1 aliphatic rings. The van der Waals surface area contributed by atoms with Crippen LogP contribution in [-0.4, -0.2) is 46.2 Å². The lowest BCUT2D eigenvalue weighted by Gasteiger charge is -2.37. The molecule has 0 spiro atoms. The van der Waals surface area contributed by atoms with E-state index < -0.39 is 0 Å². The SMILES string of the molecule is CC1CN(C(=O)c2ccc(=O)[nH]n2)C(C)CN1. The van der Waals surface area contributed by atoms with Crippen LogP contribution >= 0.6 is 0 Å². The van der Waals surface area contributed by atoms with Crippen molar-refractivity contribution in [2.45, 2.75) is 25.9 Å². The number of rotatable bonds is 1. The fourth-order valence-electron chi connectivity index (χ4n) is 1.92. The highest BCUT2D eigenvalue weighted by Gasteiger charge is 2.27. The largest absolute Gasteiger partial charge is 0.332 e. The molecule has 2 rings (SSSR count). The molecule has 0 aliphatic carbocycles. The molecule has 2 N–H and O–H groups in total. The number of H-pyrrole nitrogens is 1. The van der Waals surface area contributed by atoms with Crippen molar-refractivity contribution in [2.75, 3.05) is 13.1 Å². The van der Waals surface area contributed by atoms with E-state index in [0.717, 1.165) is 6.54 Å². The molecule has 1 aromatic heterocycles. The summed E-state index contributed by atoms with van der Waals surface area (Å²) in [4.78, 5) is 24.8. The van der Waals surface area contributed by atoms with Crippen LogP contribution in [0, 0.1) is 0 Å². The average molecular weight is 236 g/mol. The van der Waals surface area contributed by atoms with Crippen LogP contribution in [0.15, 0.2) is 16.9 Å². The van der Waals surface area contributed by atoms with Crippen LogP contribution in [0.3, 0.4) is 0 Å². The Morgan fingerprint density at radius 2 is 2.24 bits per heavy atom. The van der Waals surface area contributed by atoms with E-state index in [9.17, 15) is 9.59 Å². The lowest BCUT2D eigenvalue weighted by molar-refractivity contribution is 0.0609. The fourth-order valence-corrected chi connectivity index (χ4v) is 1.92. The van der Waals surface area contributed by atoms with Crippen molar-refractivity contribution < 1.29 is 4.79 Å². The van der Waals surface area contributed by atoms with E-state index >= 15 is 0 Å². The number of nitrogens with zero attached hydrogens (tertiary/aromatic N) is 2. The van der Waals surface area contributed by atoms with Crippen molar-refractivity contribution in [1.82, 2.24) is 20.4 Å². The standard InChI is InChI=1S/C11H16N4O2/c1-7-6-15(8(2)5-12-7)11(17)9-3-4-10(16)14-13-9/h3-4,7-8,12H,5-6H2,1-2H3,(H,14,16). The Kier molecular flexibility index (Phi) is 3.23. The number of piperazine rings is 1. The van der Waals surface area contributed by atoms with E-state index in [1.807, 2.05) is 13.8 Å². The molecule has 92 valence electrons. The highest BCUT2D eigenvalue weighted by molar-refractivity contribution is 5.92. The normalized spacial score (nSPS) is 24.7. The van der Waals surface area contributed by atoms with Gasteiger partial charge in [0.05, 0.1) is 0 Å². The van der Waals surface area contributed by atoms with Crippen molar-refractivity contribution in [3.63, 3.8) is 0 Å². The number of carbonyl (C=O) groups excluding carboxylic acids is 1. The summed E-state index contributed by atoms with van der Waals surface area (Å²) in [5.74, 6) is -0.137. The summed E-state index contributed by atoms with van der Waals surface area (Å²) in [6, 6.07) is 3.18. The monoisotopic (exact) mass is 236 g/mol. The van der Waals surface area contributed by atoms with Crippen molar-refractivity contribution in [3.05, 3.63) is 28.2 Å². The van der Waals surface area contributed by atoms with Gasteiger partial charge < -0.3 is 10.2 Å². The molecule has 0 saturated carbocycles.